The minimum atomic E-state index is 0.598. The van der Waals surface area contributed by atoms with Crippen molar-refractivity contribution in [3.8, 4) is 6.07 Å². The summed E-state index contributed by atoms with van der Waals surface area (Å²) in [7, 11) is 0. The highest BCUT2D eigenvalue weighted by Gasteiger charge is 1.99. The average molecular weight is 197 g/mol. The molecule has 2 aromatic rings. The van der Waals surface area contributed by atoms with Crippen molar-refractivity contribution < 1.29 is 0 Å². The van der Waals surface area contributed by atoms with Gasteiger partial charge in [0, 0.05) is 17.8 Å². The highest BCUT2D eigenvalue weighted by atomic mass is 14.7. The molecule has 74 valence electrons. The van der Waals surface area contributed by atoms with Gasteiger partial charge in [-0.15, -0.1) is 0 Å². The van der Waals surface area contributed by atoms with Crippen LogP contribution in [0.2, 0.25) is 0 Å². The number of nitrogens with two attached hydrogens (primary N) is 1. The molecule has 0 aliphatic heterocycles. The monoisotopic (exact) mass is 197 g/mol. The second-order valence-corrected chi connectivity index (χ2v) is 3.43. The van der Waals surface area contributed by atoms with Gasteiger partial charge in [-0.05, 0) is 29.8 Å². The summed E-state index contributed by atoms with van der Waals surface area (Å²) < 4.78 is 0. The summed E-state index contributed by atoms with van der Waals surface area (Å²) in [5.74, 6) is 0. The van der Waals surface area contributed by atoms with Crippen molar-refractivity contribution in [1.29, 1.82) is 5.26 Å². The largest absolute Gasteiger partial charge is 0.399 e. The number of nitrogens with zero attached hydrogens (tertiary/aromatic N) is 1. The van der Waals surface area contributed by atoms with Gasteiger partial charge in [0.25, 0.3) is 0 Å². The van der Waals surface area contributed by atoms with Gasteiger partial charge in [0.1, 0.15) is 11.8 Å². The van der Waals surface area contributed by atoms with Gasteiger partial charge >= 0.3 is 0 Å². The first-order valence-corrected chi connectivity index (χ1v) is 4.70. The summed E-state index contributed by atoms with van der Waals surface area (Å²) in [5, 5.41) is 8.66. The van der Waals surface area contributed by atoms with Gasteiger partial charge in [-0.1, -0.05) is 12.1 Å². The molecule has 1 aromatic carbocycles. The van der Waals surface area contributed by atoms with E-state index in [2.05, 4.69) is 11.1 Å². The van der Waals surface area contributed by atoms with E-state index in [1.807, 2.05) is 30.3 Å². The predicted molar refractivity (Wildman–Crippen MR) is 59.2 cm³/mol. The molecule has 0 spiro atoms. The molecule has 0 aliphatic carbocycles. The van der Waals surface area contributed by atoms with Gasteiger partial charge < -0.3 is 10.7 Å². The molecule has 0 aliphatic rings. The number of H-pyrrole nitrogens is 1. The smallest absolute Gasteiger partial charge is 0.117 e. The third-order valence-corrected chi connectivity index (χ3v) is 2.24. The summed E-state index contributed by atoms with van der Waals surface area (Å²) in [6.07, 6.45) is 0.794. The van der Waals surface area contributed by atoms with Gasteiger partial charge in [0.2, 0.25) is 0 Å². The Morgan fingerprint density at radius 2 is 1.87 bits per heavy atom. The zero-order chi connectivity index (χ0) is 10.7. The fraction of sp³-hybridized carbons (Fsp3) is 0.0833. The van der Waals surface area contributed by atoms with Crippen LogP contribution >= 0.6 is 0 Å². The van der Waals surface area contributed by atoms with E-state index < -0.39 is 0 Å². The summed E-state index contributed by atoms with van der Waals surface area (Å²) in [4.78, 5) is 3.03. The summed E-state index contributed by atoms with van der Waals surface area (Å²) in [6, 6.07) is 13.5. The van der Waals surface area contributed by atoms with Crippen LogP contribution in [0, 0.1) is 11.3 Å². The van der Waals surface area contributed by atoms with E-state index in [1.165, 1.54) is 5.56 Å². The first kappa shape index (κ1) is 9.35. The highest BCUT2D eigenvalue weighted by Crippen LogP contribution is 2.11. The summed E-state index contributed by atoms with van der Waals surface area (Å²) >= 11 is 0. The Kier molecular flexibility index (Phi) is 2.42. The molecule has 1 heterocycles. The van der Waals surface area contributed by atoms with E-state index in [0.29, 0.717) is 5.69 Å². The number of aromatic amines is 1. The van der Waals surface area contributed by atoms with E-state index in [4.69, 9.17) is 11.0 Å². The number of aromatic nitrogens is 1. The normalized spacial score (nSPS) is 9.80. The Morgan fingerprint density at radius 3 is 2.47 bits per heavy atom. The molecule has 3 N–H and O–H groups in total. The van der Waals surface area contributed by atoms with Crippen LogP contribution in [0.5, 0.6) is 0 Å². The number of nitrogen functional groups attached to an aromatic ring is 1. The quantitative estimate of drug-likeness (QED) is 0.724. The maximum atomic E-state index is 8.66. The SMILES string of the molecule is N#Cc1ccc(Cc2ccc(N)cc2)[nH]1. The fourth-order valence-electron chi connectivity index (χ4n) is 1.46. The Morgan fingerprint density at radius 1 is 1.13 bits per heavy atom. The number of hydrogen-bond acceptors (Lipinski definition) is 2. The number of rotatable bonds is 2. The van der Waals surface area contributed by atoms with Crippen LogP contribution < -0.4 is 5.73 Å². The molecule has 0 saturated carbocycles. The van der Waals surface area contributed by atoms with Crippen molar-refractivity contribution in [3.05, 3.63) is 53.3 Å². The van der Waals surface area contributed by atoms with Crippen LogP contribution in [0.15, 0.2) is 36.4 Å². The van der Waals surface area contributed by atoms with Crippen molar-refractivity contribution in [3.63, 3.8) is 0 Å². The lowest BCUT2D eigenvalue weighted by molar-refractivity contribution is 1.10. The fourth-order valence-corrected chi connectivity index (χ4v) is 1.46. The molecule has 2 rings (SSSR count). The standard InChI is InChI=1S/C12H11N3/c13-8-12-6-5-11(15-12)7-9-1-3-10(14)4-2-9/h1-6,15H,7,14H2. The molecular weight excluding hydrogens is 186 g/mol. The number of benzene rings is 1. The number of nitrogens with one attached hydrogen (secondary N) is 1. The molecule has 0 unspecified atom stereocenters. The minimum absolute atomic E-state index is 0.598. The number of hydrogen-bond donors (Lipinski definition) is 2. The third-order valence-electron chi connectivity index (χ3n) is 2.24. The van der Waals surface area contributed by atoms with Gasteiger partial charge in [-0.25, -0.2) is 0 Å². The topological polar surface area (TPSA) is 65.6 Å². The van der Waals surface area contributed by atoms with Crippen molar-refractivity contribution in [1.82, 2.24) is 4.98 Å². The van der Waals surface area contributed by atoms with Crippen LogP contribution in [0.25, 0.3) is 0 Å². The van der Waals surface area contributed by atoms with Crippen molar-refractivity contribution in [2.45, 2.75) is 6.42 Å². The minimum Gasteiger partial charge on any atom is -0.399 e. The maximum Gasteiger partial charge on any atom is 0.117 e. The molecule has 3 nitrogen and oxygen atoms in total. The van der Waals surface area contributed by atoms with Crippen molar-refractivity contribution in [2.75, 3.05) is 5.73 Å². The Bertz CT molecular complexity index is 488. The lowest BCUT2D eigenvalue weighted by Gasteiger charge is -1.99. The summed E-state index contributed by atoms with van der Waals surface area (Å²) in [5.41, 5.74) is 9.17. The Balaban J connectivity index is 2.15. The molecule has 0 atom stereocenters. The Hall–Kier alpha value is -2.21. The van der Waals surface area contributed by atoms with E-state index in [9.17, 15) is 0 Å². The lowest BCUT2D eigenvalue weighted by Crippen LogP contribution is -1.90. The summed E-state index contributed by atoms with van der Waals surface area (Å²) in [6.45, 7) is 0. The number of nitriles is 1. The van der Waals surface area contributed by atoms with E-state index in [1.54, 1.807) is 6.07 Å². The molecule has 0 fully saturated rings. The van der Waals surface area contributed by atoms with Crippen molar-refractivity contribution in [2.24, 2.45) is 0 Å². The highest BCUT2D eigenvalue weighted by molar-refractivity contribution is 5.40. The second-order valence-electron chi connectivity index (χ2n) is 3.43. The van der Waals surface area contributed by atoms with Gasteiger partial charge in [0.15, 0.2) is 0 Å². The Labute approximate surface area is 88.2 Å². The van der Waals surface area contributed by atoms with Gasteiger partial charge in [-0.3, -0.25) is 0 Å². The first-order chi connectivity index (χ1) is 7.28. The van der Waals surface area contributed by atoms with Crippen LogP contribution in [-0.2, 0) is 6.42 Å². The van der Waals surface area contributed by atoms with Gasteiger partial charge in [-0.2, -0.15) is 5.26 Å². The molecule has 0 saturated heterocycles. The third kappa shape index (κ3) is 2.18. The van der Waals surface area contributed by atoms with Gasteiger partial charge in [0.05, 0.1) is 0 Å². The van der Waals surface area contributed by atoms with Crippen molar-refractivity contribution >= 4 is 5.69 Å². The zero-order valence-corrected chi connectivity index (χ0v) is 8.20. The lowest BCUT2D eigenvalue weighted by atomic mass is 10.1. The van der Waals surface area contributed by atoms with Crippen LogP contribution in [0.4, 0.5) is 5.69 Å². The zero-order valence-electron chi connectivity index (χ0n) is 8.20. The van der Waals surface area contributed by atoms with Crippen LogP contribution in [0.1, 0.15) is 17.0 Å². The molecule has 0 bridgehead atoms. The molecule has 0 amide bonds. The first-order valence-electron chi connectivity index (χ1n) is 4.70. The van der Waals surface area contributed by atoms with E-state index in [-0.39, 0.29) is 0 Å². The average Bonchev–Trinajstić information content (AvgIpc) is 2.69. The van der Waals surface area contributed by atoms with E-state index in [0.717, 1.165) is 17.8 Å². The second kappa shape index (κ2) is 3.89. The van der Waals surface area contributed by atoms with Crippen LogP contribution in [0.3, 0.4) is 0 Å². The molecule has 0 radical (unpaired) electrons. The molecule has 1 aromatic heterocycles. The van der Waals surface area contributed by atoms with E-state index >= 15 is 0 Å². The molecule has 3 heteroatoms. The maximum absolute atomic E-state index is 8.66. The predicted octanol–water partition coefficient (Wildman–Crippen LogP) is 2.06. The van der Waals surface area contributed by atoms with Crippen LogP contribution in [-0.4, -0.2) is 4.98 Å². The molecular formula is C12H11N3. The number of anilines is 1. The molecule has 15 heavy (non-hydrogen) atoms.